The number of hydrogen-bond acceptors (Lipinski definition) is 5. The van der Waals surface area contributed by atoms with Crippen molar-refractivity contribution in [3.05, 3.63) is 36.4 Å². The first-order valence-corrected chi connectivity index (χ1v) is 9.16. The average molecular weight is 363 g/mol. The molecule has 0 atom stereocenters. The van der Waals surface area contributed by atoms with E-state index in [4.69, 9.17) is 9.72 Å². The molecule has 0 spiro atoms. The minimum absolute atomic E-state index is 0.173. The van der Waals surface area contributed by atoms with Crippen LogP contribution in [0.3, 0.4) is 0 Å². The van der Waals surface area contributed by atoms with Gasteiger partial charge in [-0.25, -0.2) is 4.98 Å². The number of methoxy groups -OCH3 is 1. The fraction of sp³-hybridized carbons (Fsp3) is 0.300. The van der Waals surface area contributed by atoms with Crippen LogP contribution < -0.4 is 9.64 Å². The second kappa shape index (κ2) is 6.28. The third-order valence-electron chi connectivity index (χ3n) is 5.29. The molecule has 3 N–H and O–H groups in total. The molecule has 0 bridgehead atoms. The number of fused-ring (bicyclic) bond motifs is 2. The molecule has 4 aromatic rings. The number of aliphatic hydroxyl groups is 1. The van der Waals surface area contributed by atoms with Crippen LogP contribution in [0.1, 0.15) is 12.8 Å². The lowest BCUT2D eigenvalue weighted by Gasteiger charge is -2.31. The van der Waals surface area contributed by atoms with Crippen molar-refractivity contribution in [1.29, 1.82) is 0 Å². The van der Waals surface area contributed by atoms with Crippen LogP contribution in [0.2, 0.25) is 0 Å². The highest BCUT2D eigenvalue weighted by Gasteiger charge is 2.18. The van der Waals surface area contributed by atoms with Crippen molar-refractivity contribution in [1.82, 2.24) is 20.2 Å². The van der Waals surface area contributed by atoms with Gasteiger partial charge >= 0.3 is 0 Å². The number of ether oxygens (including phenoxy) is 1. The van der Waals surface area contributed by atoms with Gasteiger partial charge < -0.3 is 19.7 Å². The summed E-state index contributed by atoms with van der Waals surface area (Å²) in [6.45, 7) is 1.74. The van der Waals surface area contributed by atoms with Crippen LogP contribution in [-0.2, 0) is 0 Å². The molecule has 0 radical (unpaired) electrons. The van der Waals surface area contributed by atoms with Crippen LogP contribution >= 0.6 is 0 Å². The zero-order chi connectivity index (χ0) is 18.4. The quantitative estimate of drug-likeness (QED) is 0.520. The Bertz CT molecular complexity index is 1110. The SMILES string of the molecule is COc1ccc2[nH]nc(-c3nc4ccc(N5CCC(O)CC5)cc4[nH]3)c2c1. The highest BCUT2D eigenvalue weighted by Crippen LogP contribution is 2.30. The summed E-state index contributed by atoms with van der Waals surface area (Å²) in [7, 11) is 1.66. The van der Waals surface area contributed by atoms with Crippen molar-refractivity contribution in [2.24, 2.45) is 0 Å². The zero-order valence-electron chi connectivity index (χ0n) is 15.1. The Morgan fingerprint density at radius 1 is 1.11 bits per heavy atom. The Kier molecular flexibility index (Phi) is 3.75. The standard InChI is InChI=1S/C20H21N5O2/c1-27-14-3-5-16-15(11-14)19(24-23-16)20-21-17-4-2-12(10-18(17)22-20)25-8-6-13(26)7-9-25/h2-5,10-11,13,26H,6-9H2,1H3,(H,21,22)(H,23,24). The topological polar surface area (TPSA) is 90.1 Å². The largest absolute Gasteiger partial charge is 0.497 e. The van der Waals surface area contributed by atoms with E-state index < -0.39 is 0 Å². The fourth-order valence-corrected chi connectivity index (χ4v) is 3.73. The predicted molar refractivity (Wildman–Crippen MR) is 105 cm³/mol. The van der Waals surface area contributed by atoms with Crippen molar-refractivity contribution in [3.63, 3.8) is 0 Å². The van der Waals surface area contributed by atoms with E-state index in [9.17, 15) is 5.11 Å². The maximum absolute atomic E-state index is 9.72. The monoisotopic (exact) mass is 363 g/mol. The third kappa shape index (κ3) is 2.80. The molecule has 1 fully saturated rings. The van der Waals surface area contributed by atoms with E-state index in [1.165, 1.54) is 0 Å². The highest BCUT2D eigenvalue weighted by molar-refractivity contribution is 5.94. The van der Waals surface area contributed by atoms with Gasteiger partial charge in [-0.2, -0.15) is 5.10 Å². The summed E-state index contributed by atoms with van der Waals surface area (Å²) in [4.78, 5) is 10.4. The molecular weight excluding hydrogens is 342 g/mol. The lowest BCUT2D eigenvalue weighted by Crippen LogP contribution is -2.35. The molecule has 5 rings (SSSR count). The summed E-state index contributed by atoms with van der Waals surface area (Å²) in [6.07, 6.45) is 1.45. The molecule has 0 aliphatic carbocycles. The second-order valence-electron chi connectivity index (χ2n) is 6.99. The number of aromatic nitrogens is 4. The van der Waals surface area contributed by atoms with E-state index in [1.807, 2.05) is 24.3 Å². The second-order valence-corrected chi connectivity index (χ2v) is 6.99. The Morgan fingerprint density at radius 2 is 1.96 bits per heavy atom. The number of hydrogen-bond donors (Lipinski definition) is 3. The number of piperidine rings is 1. The van der Waals surface area contributed by atoms with Gasteiger partial charge in [0, 0.05) is 24.2 Å². The summed E-state index contributed by atoms with van der Waals surface area (Å²) < 4.78 is 5.34. The number of imidazole rings is 1. The number of nitrogens with zero attached hydrogens (tertiary/aromatic N) is 3. The summed E-state index contributed by atoms with van der Waals surface area (Å²) in [6, 6.07) is 12.1. The van der Waals surface area contributed by atoms with Gasteiger partial charge in [-0.3, -0.25) is 5.10 Å². The van der Waals surface area contributed by atoms with Crippen LogP contribution in [0.4, 0.5) is 5.69 Å². The minimum atomic E-state index is -0.173. The summed E-state index contributed by atoms with van der Waals surface area (Å²) in [5, 5.41) is 18.2. The average Bonchev–Trinajstić information content (AvgIpc) is 3.31. The van der Waals surface area contributed by atoms with Crippen molar-refractivity contribution in [2.45, 2.75) is 18.9 Å². The normalized spacial score (nSPS) is 15.7. The highest BCUT2D eigenvalue weighted by atomic mass is 16.5. The van der Waals surface area contributed by atoms with Crippen LogP contribution in [0.15, 0.2) is 36.4 Å². The van der Waals surface area contributed by atoms with Gasteiger partial charge in [0.15, 0.2) is 5.82 Å². The van der Waals surface area contributed by atoms with E-state index in [2.05, 4.69) is 32.2 Å². The van der Waals surface area contributed by atoms with Crippen LogP contribution in [-0.4, -0.2) is 51.6 Å². The Balaban J connectivity index is 1.53. The van der Waals surface area contributed by atoms with Gasteiger partial charge in [-0.15, -0.1) is 0 Å². The summed E-state index contributed by atoms with van der Waals surface area (Å²) in [5.41, 5.74) is 4.76. The van der Waals surface area contributed by atoms with Crippen LogP contribution in [0.5, 0.6) is 5.75 Å². The molecular formula is C20H21N5O2. The molecule has 1 aliphatic heterocycles. The minimum Gasteiger partial charge on any atom is -0.497 e. The molecule has 0 unspecified atom stereocenters. The van der Waals surface area contributed by atoms with Crippen LogP contribution in [0, 0.1) is 0 Å². The lowest BCUT2D eigenvalue weighted by molar-refractivity contribution is 0.145. The van der Waals surface area contributed by atoms with Gasteiger partial charge in [0.2, 0.25) is 0 Å². The van der Waals surface area contributed by atoms with E-state index in [0.717, 1.165) is 70.8 Å². The van der Waals surface area contributed by atoms with Crippen molar-refractivity contribution in [2.75, 3.05) is 25.1 Å². The summed E-state index contributed by atoms with van der Waals surface area (Å²) >= 11 is 0. The first kappa shape index (κ1) is 16.1. The van der Waals surface area contributed by atoms with Gasteiger partial charge in [0.1, 0.15) is 11.4 Å². The molecule has 2 aromatic heterocycles. The Labute approximate surface area is 156 Å². The molecule has 27 heavy (non-hydrogen) atoms. The van der Waals surface area contributed by atoms with Crippen LogP contribution in [0.25, 0.3) is 33.5 Å². The van der Waals surface area contributed by atoms with E-state index >= 15 is 0 Å². The number of benzene rings is 2. The molecule has 7 nitrogen and oxygen atoms in total. The molecule has 2 aromatic carbocycles. The molecule has 0 amide bonds. The Hall–Kier alpha value is -3.06. The third-order valence-corrected chi connectivity index (χ3v) is 5.29. The summed E-state index contributed by atoms with van der Waals surface area (Å²) in [5.74, 6) is 1.52. The number of aliphatic hydroxyl groups excluding tert-OH is 1. The predicted octanol–water partition coefficient (Wildman–Crippen LogP) is 3.08. The van der Waals surface area contributed by atoms with Gasteiger partial charge in [-0.05, 0) is 49.2 Å². The lowest BCUT2D eigenvalue weighted by atomic mass is 10.1. The zero-order valence-corrected chi connectivity index (χ0v) is 15.1. The van der Waals surface area contributed by atoms with E-state index in [1.54, 1.807) is 7.11 Å². The number of anilines is 1. The smallest absolute Gasteiger partial charge is 0.159 e. The molecule has 0 saturated carbocycles. The number of rotatable bonds is 3. The van der Waals surface area contributed by atoms with Gasteiger partial charge in [0.25, 0.3) is 0 Å². The van der Waals surface area contributed by atoms with Crippen molar-refractivity contribution >= 4 is 27.6 Å². The molecule has 1 saturated heterocycles. The van der Waals surface area contributed by atoms with Gasteiger partial charge in [0.05, 0.1) is 29.8 Å². The molecule has 3 heterocycles. The van der Waals surface area contributed by atoms with Gasteiger partial charge in [-0.1, -0.05) is 0 Å². The number of nitrogens with one attached hydrogen (secondary N) is 2. The van der Waals surface area contributed by atoms with E-state index in [0.29, 0.717) is 0 Å². The van der Waals surface area contributed by atoms with Crippen molar-refractivity contribution < 1.29 is 9.84 Å². The number of aromatic amines is 2. The molecule has 1 aliphatic rings. The van der Waals surface area contributed by atoms with Crippen molar-refractivity contribution in [3.8, 4) is 17.3 Å². The molecule has 7 heteroatoms. The maximum Gasteiger partial charge on any atom is 0.159 e. The first-order chi connectivity index (χ1) is 13.2. The van der Waals surface area contributed by atoms with E-state index in [-0.39, 0.29) is 6.10 Å². The molecule has 138 valence electrons. The maximum atomic E-state index is 9.72. The Morgan fingerprint density at radius 3 is 2.78 bits per heavy atom. The fourth-order valence-electron chi connectivity index (χ4n) is 3.73. The first-order valence-electron chi connectivity index (χ1n) is 9.16. The number of H-pyrrole nitrogens is 2.